The van der Waals surface area contributed by atoms with Gasteiger partial charge in [-0.05, 0) is 44.9 Å². The SMILES string of the molecule is CC(C)N1CCC(Cn2cn[nH]c2=S)C1. The van der Waals surface area contributed by atoms with Crippen LogP contribution in [0.5, 0.6) is 0 Å². The molecule has 1 unspecified atom stereocenters. The van der Waals surface area contributed by atoms with E-state index in [1.807, 2.05) is 4.57 Å². The number of nitrogens with one attached hydrogen (secondary N) is 1. The molecular weight excluding hydrogens is 208 g/mol. The minimum atomic E-state index is 0.660. The number of H-pyrrole nitrogens is 1. The summed E-state index contributed by atoms with van der Waals surface area (Å²) in [5.74, 6) is 0.719. The van der Waals surface area contributed by atoms with Gasteiger partial charge in [-0.1, -0.05) is 0 Å². The first-order valence-corrected chi connectivity index (χ1v) is 5.91. The van der Waals surface area contributed by atoms with Gasteiger partial charge in [0.2, 0.25) is 0 Å². The molecule has 4 nitrogen and oxygen atoms in total. The van der Waals surface area contributed by atoms with Crippen LogP contribution in [-0.2, 0) is 6.54 Å². The first-order chi connectivity index (χ1) is 7.16. The minimum absolute atomic E-state index is 0.660. The highest BCUT2D eigenvalue weighted by molar-refractivity contribution is 7.71. The third-order valence-electron chi connectivity index (χ3n) is 3.12. The van der Waals surface area contributed by atoms with Crippen molar-refractivity contribution in [3.05, 3.63) is 11.1 Å². The highest BCUT2D eigenvalue weighted by Gasteiger charge is 2.24. The molecule has 0 saturated carbocycles. The summed E-state index contributed by atoms with van der Waals surface area (Å²) >= 11 is 5.13. The zero-order chi connectivity index (χ0) is 10.8. The number of nitrogens with zero attached hydrogens (tertiary/aromatic N) is 3. The second-order valence-corrected chi connectivity index (χ2v) is 4.94. The lowest BCUT2D eigenvalue weighted by Crippen LogP contribution is -2.28. The van der Waals surface area contributed by atoms with Gasteiger partial charge >= 0.3 is 0 Å². The summed E-state index contributed by atoms with van der Waals surface area (Å²) in [7, 11) is 0. The molecule has 0 spiro atoms. The van der Waals surface area contributed by atoms with Crippen LogP contribution in [-0.4, -0.2) is 38.8 Å². The van der Waals surface area contributed by atoms with Gasteiger partial charge in [0.25, 0.3) is 0 Å². The molecule has 15 heavy (non-hydrogen) atoms. The summed E-state index contributed by atoms with van der Waals surface area (Å²) in [4.78, 5) is 2.52. The van der Waals surface area contributed by atoms with Crippen LogP contribution in [0.3, 0.4) is 0 Å². The summed E-state index contributed by atoms with van der Waals surface area (Å²) in [5.41, 5.74) is 0. The van der Waals surface area contributed by atoms with Gasteiger partial charge in [-0.25, -0.2) is 0 Å². The third-order valence-corrected chi connectivity index (χ3v) is 3.45. The molecule has 84 valence electrons. The lowest BCUT2D eigenvalue weighted by molar-refractivity contribution is 0.260. The van der Waals surface area contributed by atoms with Crippen molar-refractivity contribution in [1.82, 2.24) is 19.7 Å². The van der Waals surface area contributed by atoms with E-state index >= 15 is 0 Å². The molecule has 1 saturated heterocycles. The van der Waals surface area contributed by atoms with Gasteiger partial charge < -0.3 is 9.47 Å². The predicted octanol–water partition coefficient (Wildman–Crippen LogP) is 1.67. The van der Waals surface area contributed by atoms with E-state index in [4.69, 9.17) is 12.2 Å². The highest BCUT2D eigenvalue weighted by atomic mass is 32.1. The molecule has 2 heterocycles. The Morgan fingerprint density at radius 3 is 3.00 bits per heavy atom. The van der Waals surface area contributed by atoms with Crippen molar-refractivity contribution in [3.63, 3.8) is 0 Å². The Labute approximate surface area is 95.3 Å². The fourth-order valence-electron chi connectivity index (χ4n) is 2.16. The van der Waals surface area contributed by atoms with E-state index in [2.05, 4.69) is 28.9 Å². The Hall–Kier alpha value is -0.680. The first kappa shape index (κ1) is 10.8. The lowest BCUT2D eigenvalue weighted by atomic mass is 10.1. The summed E-state index contributed by atoms with van der Waals surface area (Å²) in [6.45, 7) is 7.91. The van der Waals surface area contributed by atoms with Crippen LogP contribution in [0, 0.1) is 10.7 Å². The molecule has 1 fully saturated rings. The molecule has 0 bridgehead atoms. The number of aromatic nitrogens is 3. The summed E-state index contributed by atoms with van der Waals surface area (Å²) in [6.07, 6.45) is 3.06. The van der Waals surface area contributed by atoms with Gasteiger partial charge in [-0.2, -0.15) is 5.10 Å². The maximum atomic E-state index is 5.13. The normalized spacial score (nSPS) is 22.7. The number of hydrogen-bond acceptors (Lipinski definition) is 3. The van der Waals surface area contributed by atoms with E-state index in [-0.39, 0.29) is 0 Å². The molecule has 1 aliphatic rings. The van der Waals surface area contributed by atoms with Crippen LogP contribution >= 0.6 is 12.2 Å². The zero-order valence-electron chi connectivity index (χ0n) is 9.31. The van der Waals surface area contributed by atoms with Crippen LogP contribution in [0.15, 0.2) is 6.33 Å². The van der Waals surface area contributed by atoms with E-state index in [0.29, 0.717) is 6.04 Å². The van der Waals surface area contributed by atoms with Crippen molar-refractivity contribution in [2.24, 2.45) is 5.92 Å². The highest BCUT2D eigenvalue weighted by Crippen LogP contribution is 2.19. The van der Waals surface area contributed by atoms with Gasteiger partial charge in [0.15, 0.2) is 4.77 Å². The van der Waals surface area contributed by atoms with Crippen molar-refractivity contribution in [1.29, 1.82) is 0 Å². The molecule has 1 aliphatic heterocycles. The molecule has 1 aromatic rings. The first-order valence-electron chi connectivity index (χ1n) is 5.50. The predicted molar refractivity (Wildman–Crippen MR) is 62.2 cm³/mol. The third kappa shape index (κ3) is 2.46. The van der Waals surface area contributed by atoms with Crippen LogP contribution in [0.4, 0.5) is 0 Å². The van der Waals surface area contributed by atoms with Gasteiger partial charge in [-0.15, -0.1) is 0 Å². The van der Waals surface area contributed by atoms with E-state index in [0.717, 1.165) is 17.2 Å². The number of aromatic amines is 1. The lowest BCUT2D eigenvalue weighted by Gasteiger charge is -2.20. The van der Waals surface area contributed by atoms with E-state index < -0.39 is 0 Å². The number of hydrogen-bond donors (Lipinski definition) is 1. The molecule has 0 aliphatic carbocycles. The Morgan fingerprint density at radius 1 is 1.67 bits per heavy atom. The van der Waals surface area contributed by atoms with Crippen LogP contribution in [0.25, 0.3) is 0 Å². The summed E-state index contributed by atoms with van der Waals surface area (Å²) < 4.78 is 2.77. The minimum Gasteiger partial charge on any atom is -0.306 e. The smallest absolute Gasteiger partial charge is 0.194 e. The fourth-order valence-corrected chi connectivity index (χ4v) is 2.33. The second-order valence-electron chi connectivity index (χ2n) is 4.56. The molecule has 5 heteroatoms. The molecule has 1 N–H and O–H groups in total. The Bertz CT molecular complexity index is 367. The van der Waals surface area contributed by atoms with Crippen LogP contribution in [0.2, 0.25) is 0 Å². The Kier molecular flexibility index (Phi) is 3.21. The van der Waals surface area contributed by atoms with Crippen molar-refractivity contribution >= 4 is 12.2 Å². The molecule has 1 atom stereocenters. The summed E-state index contributed by atoms with van der Waals surface area (Å²) in [6, 6.07) is 0.660. The topological polar surface area (TPSA) is 36.9 Å². The van der Waals surface area contributed by atoms with Crippen molar-refractivity contribution in [2.45, 2.75) is 32.9 Å². The van der Waals surface area contributed by atoms with Crippen LogP contribution in [0.1, 0.15) is 20.3 Å². The number of rotatable bonds is 3. The molecule has 2 rings (SSSR count). The maximum absolute atomic E-state index is 5.13. The molecular formula is C10H18N4S. The van der Waals surface area contributed by atoms with E-state index in [1.165, 1.54) is 19.5 Å². The van der Waals surface area contributed by atoms with Gasteiger partial charge in [0, 0.05) is 19.1 Å². The average molecular weight is 226 g/mol. The quantitative estimate of drug-likeness (QED) is 0.797. The largest absolute Gasteiger partial charge is 0.306 e. The van der Waals surface area contributed by atoms with Crippen molar-refractivity contribution in [3.8, 4) is 0 Å². The molecule has 0 radical (unpaired) electrons. The second kappa shape index (κ2) is 4.45. The molecule has 1 aromatic heterocycles. The van der Waals surface area contributed by atoms with Crippen LogP contribution < -0.4 is 0 Å². The summed E-state index contributed by atoms with van der Waals surface area (Å²) in [5, 5.41) is 6.73. The Balaban J connectivity index is 1.93. The van der Waals surface area contributed by atoms with Gasteiger partial charge in [-0.3, -0.25) is 5.10 Å². The molecule has 0 aromatic carbocycles. The zero-order valence-corrected chi connectivity index (χ0v) is 10.1. The standard InChI is InChI=1S/C10H18N4S/c1-8(2)13-4-3-9(5-13)6-14-7-11-12-10(14)15/h7-9H,3-6H2,1-2H3,(H,12,15). The van der Waals surface area contributed by atoms with Crippen molar-refractivity contribution < 1.29 is 0 Å². The van der Waals surface area contributed by atoms with Gasteiger partial charge in [0.05, 0.1) is 0 Å². The van der Waals surface area contributed by atoms with E-state index in [9.17, 15) is 0 Å². The maximum Gasteiger partial charge on any atom is 0.194 e. The number of likely N-dealkylation sites (tertiary alicyclic amines) is 1. The fraction of sp³-hybridized carbons (Fsp3) is 0.800. The molecule has 0 amide bonds. The monoisotopic (exact) mass is 226 g/mol. The Morgan fingerprint density at radius 2 is 2.47 bits per heavy atom. The van der Waals surface area contributed by atoms with Crippen molar-refractivity contribution in [2.75, 3.05) is 13.1 Å². The van der Waals surface area contributed by atoms with E-state index in [1.54, 1.807) is 6.33 Å². The van der Waals surface area contributed by atoms with Gasteiger partial charge in [0.1, 0.15) is 6.33 Å². The average Bonchev–Trinajstić information content (AvgIpc) is 2.77.